The zero-order chi connectivity index (χ0) is 12.5. The minimum absolute atomic E-state index is 0.133. The molecule has 0 aliphatic heterocycles. The van der Waals surface area contributed by atoms with Gasteiger partial charge in [0.05, 0.1) is 7.11 Å². The van der Waals surface area contributed by atoms with Crippen molar-refractivity contribution in [1.82, 2.24) is 9.97 Å². The minimum Gasteiger partial charge on any atom is -0.481 e. The number of Topliss-reactive ketones (excluding diaryl/α,β-unsaturated/α-hetero) is 1. The van der Waals surface area contributed by atoms with E-state index in [-0.39, 0.29) is 5.78 Å². The molecule has 4 heteroatoms. The highest BCUT2D eigenvalue weighted by atomic mass is 16.5. The van der Waals surface area contributed by atoms with Gasteiger partial charge in [-0.05, 0) is 37.0 Å². The zero-order valence-electron chi connectivity index (χ0n) is 10.6. The summed E-state index contributed by atoms with van der Waals surface area (Å²) < 4.78 is 5.02. The standard InChI is InChI=1S/C14H18N2O2/c1-18-14-7-12(15-8-16-14)13(17)6-11-5-9-2-3-10(11)4-9/h7-11H,2-6H2,1H3. The van der Waals surface area contributed by atoms with E-state index in [1.165, 1.54) is 32.0 Å². The van der Waals surface area contributed by atoms with Crippen LogP contribution in [0.5, 0.6) is 5.88 Å². The van der Waals surface area contributed by atoms with Gasteiger partial charge in [-0.25, -0.2) is 9.97 Å². The van der Waals surface area contributed by atoms with E-state index >= 15 is 0 Å². The van der Waals surface area contributed by atoms with Crippen LogP contribution >= 0.6 is 0 Å². The van der Waals surface area contributed by atoms with Crippen molar-refractivity contribution in [3.63, 3.8) is 0 Å². The molecule has 0 saturated heterocycles. The molecule has 2 aliphatic rings. The summed E-state index contributed by atoms with van der Waals surface area (Å²) in [4.78, 5) is 20.2. The molecule has 0 amide bonds. The number of ketones is 1. The molecule has 2 aliphatic carbocycles. The first kappa shape index (κ1) is 11.6. The Morgan fingerprint density at radius 2 is 2.28 bits per heavy atom. The number of carbonyl (C=O) groups is 1. The maximum absolute atomic E-state index is 12.2. The number of hydrogen-bond acceptors (Lipinski definition) is 4. The van der Waals surface area contributed by atoms with Gasteiger partial charge in [-0.3, -0.25) is 4.79 Å². The number of fused-ring (bicyclic) bond motifs is 2. The number of carbonyl (C=O) groups excluding carboxylic acids is 1. The van der Waals surface area contributed by atoms with Crippen LogP contribution in [-0.2, 0) is 0 Å². The van der Waals surface area contributed by atoms with Crippen molar-refractivity contribution >= 4 is 5.78 Å². The molecule has 0 spiro atoms. The molecule has 2 bridgehead atoms. The SMILES string of the molecule is COc1cc(C(=O)CC2CC3CCC2C3)ncn1. The second-order valence-corrected chi connectivity index (χ2v) is 5.51. The third-order valence-electron chi connectivity index (χ3n) is 4.47. The zero-order valence-corrected chi connectivity index (χ0v) is 10.6. The molecular formula is C14H18N2O2. The summed E-state index contributed by atoms with van der Waals surface area (Å²) >= 11 is 0. The van der Waals surface area contributed by atoms with Crippen LogP contribution in [0.3, 0.4) is 0 Å². The van der Waals surface area contributed by atoms with Gasteiger partial charge in [0.15, 0.2) is 5.78 Å². The van der Waals surface area contributed by atoms with Crippen molar-refractivity contribution < 1.29 is 9.53 Å². The van der Waals surface area contributed by atoms with Crippen molar-refractivity contribution in [3.8, 4) is 5.88 Å². The highest BCUT2D eigenvalue weighted by molar-refractivity contribution is 5.94. The Kier molecular flexibility index (Phi) is 3.02. The van der Waals surface area contributed by atoms with Gasteiger partial charge in [-0.1, -0.05) is 6.42 Å². The van der Waals surface area contributed by atoms with Crippen LogP contribution in [0.2, 0.25) is 0 Å². The summed E-state index contributed by atoms with van der Waals surface area (Å²) in [6.45, 7) is 0. The monoisotopic (exact) mass is 246 g/mol. The van der Waals surface area contributed by atoms with Gasteiger partial charge in [-0.15, -0.1) is 0 Å². The Hall–Kier alpha value is -1.45. The lowest BCUT2D eigenvalue weighted by Crippen LogP contribution is -2.16. The molecule has 4 nitrogen and oxygen atoms in total. The lowest BCUT2D eigenvalue weighted by Gasteiger charge is -2.20. The van der Waals surface area contributed by atoms with E-state index in [2.05, 4.69) is 9.97 Å². The molecule has 2 saturated carbocycles. The molecule has 0 N–H and O–H groups in total. The maximum atomic E-state index is 12.2. The van der Waals surface area contributed by atoms with Gasteiger partial charge >= 0.3 is 0 Å². The number of rotatable bonds is 4. The van der Waals surface area contributed by atoms with Crippen LogP contribution in [0, 0.1) is 17.8 Å². The summed E-state index contributed by atoms with van der Waals surface area (Å²) in [5, 5.41) is 0. The van der Waals surface area contributed by atoms with E-state index in [1.54, 1.807) is 13.2 Å². The predicted molar refractivity (Wildman–Crippen MR) is 66.5 cm³/mol. The molecule has 2 fully saturated rings. The lowest BCUT2D eigenvalue weighted by molar-refractivity contribution is 0.0938. The highest BCUT2D eigenvalue weighted by Gasteiger charge is 2.40. The van der Waals surface area contributed by atoms with Crippen molar-refractivity contribution in [3.05, 3.63) is 18.1 Å². The van der Waals surface area contributed by atoms with Gasteiger partial charge in [-0.2, -0.15) is 0 Å². The number of methoxy groups -OCH3 is 1. The van der Waals surface area contributed by atoms with E-state index in [1.807, 2.05) is 0 Å². The fraction of sp³-hybridized carbons (Fsp3) is 0.643. The highest BCUT2D eigenvalue weighted by Crippen LogP contribution is 2.49. The summed E-state index contributed by atoms with van der Waals surface area (Å²) in [7, 11) is 1.55. The topological polar surface area (TPSA) is 52.1 Å². The molecule has 3 rings (SSSR count). The second kappa shape index (κ2) is 4.67. The van der Waals surface area contributed by atoms with Crippen LogP contribution in [0.15, 0.2) is 12.4 Å². The maximum Gasteiger partial charge on any atom is 0.216 e. The first-order chi connectivity index (χ1) is 8.76. The molecule has 3 atom stereocenters. The molecule has 18 heavy (non-hydrogen) atoms. The van der Waals surface area contributed by atoms with Crippen molar-refractivity contribution in [2.75, 3.05) is 7.11 Å². The molecule has 0 radical (unpaired) electrons. The fourth-order valence-corrected chi connectivity index (χ4v) is 3.57. The van der Waals surface area contributed by atoms with Gasteiger partial charge in [0.1, 0.15) is 12.0 Å². The summed E-state index contributed by atoms with van der Waals surface area (Å²) in [5.74, 6) is 2.84. The first-order valence-electron chi connectivity index (χ1n) is 6.65. The average molecular weight is 246 g/mol. The van der Waals surface area contributed by atoms with Crippen LogP contribution < -0.4 is 4.74 Å². The number of ether oxygens (including phenoxy) is 1. The van der Waals surface area contributed by atoms with E-state index in [9.17, 15) is 4.79 Å². The molecule has 1 heterocycles. The van der Waals surface area contributed by atoms with Gasteiger partial charge in [0, 0.05) is 12.5 Å². The van der Waals surface area contributed by atoms with E-state index in [0.717, 1.165) is 11.8 Å². The minimum atomic E-state index is 0.133. The molecule has 1 aromatic rings. The number of hydrogen-bond donors (Lipinski definition) is 0. The van der Waals surface area contributed by atoms with E-state index < -0.39 is 0 Å². The second-order valence-electron chi connectivity index (χ2n) is 5.51. The normalized spacial score (nSPS) is 29.5. The van der Waals surface area contributed by atoms with Crippen molar-refractivity contribution in [2.45, 2.75) is 32.1 Å². The molecule has 1 aromatic heterocycles. The molecule has 96 valence electrons. The Morgan fingerprint density at radius 3 is 2.94 bits per heavy atom. The number of nitrogens with zero attached hydrogens (tertiary/aromatic N) is 2. The van der Waals surface area contributed by atoms with Gasteiger partial charge in [0.25, 0.3) is 0 Å². The smallest absolute Gasteiger partial charge is 0.216 e. The average Bonchev–Trinajstić information content (AvgIpc) is 3.01. The van der Waals surface area contributed by atoms with Crippen LogP contribution in [0.4, 0.5) is 0 Å². The summed E-state index contributed by atoms with van der Waals surface area (Å²) in [6.07, 6.45) is 7.30. The quantitative estimate of drug-likeness (QED) is 0.766. The summed E-state index contributed by atoms with van der Waals surface area (Å²) in [5.41, 5.74) is 0.490. The van der Waals surface area contributed by atoms with Crippen LogP contribution in [0.1, 0.15) is 42.6 Å². The Morgan fingerprint density at radius 1 is 1.39 bits per heavy atom. The van der Waals surface area contributed by atoms with Crippen LogP contribution in [0.25, 0.3) is 0 Å². The predicted octanol–water partition coefficient (Wildman–Crippen LogP) is 2.49. The largest absolute Gasteiger partial charge is 0.481 e. The molecule has 3 unspecified atom stereocenters. The third kappa shape index (κ3) is 2.11. The molecule has 0 aromatic carbocycles. The van der Waals surface area contributed by atoms with Crippen molar-refractivity contribution in [1.29, 1.82) is 0 Å². The summed E-state index contributed by atoms with van der Waals surface area (Å²) in [6, 6.07) is 1.63. The van der Waals surface area contributed by atoms with Crippen molar-refractivity contribution in [2.24, 2.45) is 17.8 Å². The van der Waals surface area contributed by atoms with Crippen LogP contribution in [-0.4, -0.2) is 22.9 Å². The molecular weight excluding hydrogens is 228 g/mol. The van der Waals surface area contributed by atoms with Gasteiger partial charge < -0.3 is 4.74 Å². The van der Waals surface area contributed by atoms with Gasteiger partial charge in [0.2, 0.25) is 5.88 Å². The third-order valence-corrected chi connectivity index (χ3v) is 4.47. The Balaban J connectivity index is 1.67. The first-order valence-corrected chi connectivity index (χ1v) is 6.65. The Bertz CT molecular complexity index is 461. The van der Waals surface area contributed by atoms with E-state index in [0.29, 0.717) is 23.9 Å². The lowest BCUT2D eigenvalue weighted by atomic mass is 9.85. The Labute approximate surface area is 107 Å². The van der Waals surface area contributed by atoms with E-state index in [4.69, 9.17) is 4.74 Å². The number of aromatic nitrogens is 2. The fourth-order valence-electron chi connectivity index (χ4n) is 3.57.